The predicted molar refractivity (Wildman–Crippen MR) is 108 cm³/mol. The Morgan fingerprint density at radius 1 is 1.31 bits per heavy atom. The van der Waals surface area contributed by atoms with E-state index < -0.39 is 22.0 Å². The highest BCUT2D eigenvalue weighted by atomic mass is 35.5. The van der Waals surface area contributed by atoms with Crippen molar-refractivity contribution in [3.05, 3.63) is 29.3 Å². The van der Waals surface area contributed by atoms with E-state index in [-0.39, 0.29) is 0 Å². The van der Waals surface area contributed by atoms with Crippen molar-refractivity contribution in [2.45, 2.75) is 36.4 Å². The quantitative estimate of drug-likeness (QED) is 0.529. The van der Waals surface area contributed by atoms with Gasteiger partial charge in [0.1, 0.15) is 6.04 Å². The highest BCUT2D eigenvalue weighted by molar-refractivity contribution is 8.01. The fraction of sp³-hybridized carbons (Fsp3) is 0.400. The van der Waals surface area contributed by atoms with Gasteiger partial charge in [0.25, 0.3) is 0 Å². The topological polar surface area (TPSA) is 92.3 Å². The van der Waals surface area contributed by atoms with Crippen molar-refractivity contribution in [1.29, 1.82) is 0 Å². The van der Waals surface area contributed by atoms with Gasteiger partial charge in [-0.3, -0.25) is 14.4 Å². The van der Waals surface area contributed by atoms with Crippen LogP contribution in [-0.2, 0) is 14.8 Å². The molecule has 0 aliphatic carbocycles. The van der Waals surface area contributed by atoms with E-state index in [1.54, 1.807) is 18.2 Å². The monoisotopic (exact) mass is 434 g/mol. The highest BCUT2D eigenvalue weighted by Gasteiger charge is 2.29. The maximum Gasteiger partial charge on any atom is 0.249 e. The van der Waals surface area contributed by atoms with Gasteiger partial charge >= 0.3 is 0 Å². The smallest absolute Gasteiger partial charge is 0.249 e. The summed E-state index contributed by atoms with van der Waals surface area (Å²) in [6.07, 6.45) is 1.04. The largest absolute Gasteiger partial charge is 0.299 e. The Labute approximate surface area is 166 Å². The molecule has 1 amide bonds. The molecule has 0 bridgehead atoms. The number of amides is 1. The van der Waals surface area contributed by atoms with Crippen molar-refractivity contribution >= 4 is 61.4 Å². The summed E-state index contributed by atoms with van der Waals surface area (Å²) in [5.74, 6) is -0.507. The first-order valence-electron chi connectivity index (χ1n) is 7.64. The second-order valence-electron chi connectivity index (χ2n) is 5.74. The number of carbonyl (C=O) groups excluding carboxylic acids is 1. The number of nitrogens with zero attached hydrogens (tertiary/aromatic N) is 3. The fourth-order valence-electron chi connectivity index (χ4n) is 2.14. The zero-order valence-corrected chi connectivity index (χ0v) is 17.8. The van der Waals surface area contributed by atoms with E-state index in [4.69, 9.17) is 11.6 Å². The third-order valence-corrected chi connectivity index (χ3v) is 6.53. The third-order valence-electron chi connectivity index (χ3n) is 3.12. The average molecular weight is 435 g/mol. The van der Waals surface area contributed by atoms with Crippen molar-refractivity contribution in [2.75, 3.05) is 15.9 Å². The summed E-state index contributed by atoms with van der Waals surface area (Å²) in [6, 6.07) is 5.34. The Bertz CT molecular complexity index is 886. The summed E-state index contributed by atoms with van der Waals surface area (Å²) in [4.78, 5) is 12.6. The molecular formula is C15H19ClN4O3S3. The van der Waals surface area contributed by atoms with Crippen molar-refractivity contribution in [3.63, 3.8) is 0 Å². The van der Waals surface area contributed by atoms with Crippen molar-refractivity contribution in [3.8, 4) is 0 Å². The Kier molecular flexibility index (Phi) is 6.89. The Hall–Kier alpha value is -1.36. The lowest BCUT2D eigenvalue weighted by Gasteiger charge is -2.27. The van der Waals surface area contributed by atoms with Gasteiger partial charge < -0.3 is 0 Å². The van der Waals surface area contributed by atoms with Crippen LogP contribution in [0.4, 0.5) is 10.8 Å². The molecule has 11 heteroatoms. The fourth-order valence-corrected chi connectivity index (χ4v) is 5.47. The minimum Gasteiger partial charge on any atom is -0.299 e. The lowest BCUT2D eigenvalue weighted by molar-refractivity contribution is -0.116. The van der Waals surface area contributed by atoms with Crippen LogP contribution in [-0.4, -0.2) is 42.1 Å². The number of aromatic nitrogens is 2. The molecule has 0 fully saturated rings. The molecule has 0 aliphatic rings. The van der Waals surface area contributed by atoms with Crippen LogP contribution in [0, 0.1) is 0 Å². The van der Waals surface area contributed by atoms with Gasteiger partial charge in [-0.05, 0) is 25.1 Å². The van der Waals surface area contributed by atoms with Gasteiger partial charge in [0, 0.05) is 10.3 Å². The van der Waals surface area contributed by atoms with Crippen molar-refractivity contribution in [2.24, 2.45) is 0 Å². The second kappa shape index (κ2) is 8.55. The first-order valence-corrected chi connectivity index (χ1v) is 11.6. The number of hydrogen-bond acceptors (Lipinski definition) is 7. The minimum absolute atomic E-state index is 0.316. The number of rotatable bonds is 7. The van der Waals surface area contributed by atoms with E-state index in [0.717, 1.165) is 14.9 Å². The number of benzene rings is 1. The summed E-state index contributed by atoms with van der Waals surface area (Å²) >= 11 is 8.74. The molecule has 1 atom stereocenters. The molecule has 0 saturated heterocycles. The third kappa shape index (κ3) is 5.57. The molecule has 0 spiro atoms. The number of halogens is 1. The molecule has 2 aromatic rings. The van der Waals surface area contributed by atoms with Gasteiger partial charge in [0.2, 0.25) is 21.1 Å². The summed E-state index contributed by atoms with van der Waals surface area (Å²) in [5, 5.41) is 11.6. The van der Waals surface area contributed by atoms with Crippen LogP contribution in [0.1, 0.15) is 20.8 Å². The summed E-state index contributed by atoms with van der Waals surface area (Å²) in [6.45, 7) is 5.56. The molecule has 0 aliphatic heterocycles. The minimum atomic E-state index is -3.70. The van der Waals surface area contributed by atoms with Gasteiger partial charge in [-0.1, -0.05) is 54.6 Å². The van der Waals surface area contributed by atoms with Gasteiger partial charge in [0.15, 0.2) is 4.34 Å². The maximum atomic E-state index is 12.6. The van der Waals surface area contributed by atoms with Gasteiger partial charge in [-0.15, -0.1) is 10.2 Å². The maximum absolute atomic E-state index is 12.6. The molecule has 7 nitrogen and oxygen atoms in total. The van der Waals surface area contributed by atoms with Crippen molar-refractivity contribution in [1.82, 2.24) is 10.2 Å². The first-order chi connectivity index (χ1) is 12.1. The van der Waals surface area contributed by atoms with Crippen LogP contribution in [0.3, 0.4) is 0 Å². The van der Waals surface area contributed by atoms with E-state index in [9.17, 15) is 13.2 Å². The Morgan fingerprint density at radius 3 is 2.58 bits per heavy atom. The highest BCUT2D eigenvalue weighted by Crippen LogP contribution is 2.29. The SMILES string of the molecule is CC(C)Sc1nnc(NC(=O)C(C)N(c2cccc(Cl)c2)S(C)(=O)=O)s1. The van der Waals surface area contributed by atoms with Crippen LogP contribution in [0.2, 0.25) is 5.02 Å². The number of thioether (sulfide) groups is 1. The van der Waals surface area contributed by atoms with Gasteiger partial charge in [0.05, 0.1) is 11.9 Å². The summed E-state index contributed by atoms with van der Waals surface area (Å²) in [7, 11) is -3.70. The summed E-state index contributed by atoms with van der Waals surface area (Å²) in [5.41, 5.74) is 0.316. The van der Waals surface area contributed by atoms with Crippen LogP contribution in [0.5, 0.6) is 0 Å². The zero-order chi connectivity index (χ0) is 19.5. The predicted octanol–water partition coefficient (Wildman–Crippen LogP) is 3.49. The molecule has 1 unspecified atom stereocenters. The number of hydrogen-bond donors (Lipinski definition) is 1. The van der Waals surface area contributed by atoms with Crippen LogP contribution < -0.4 is 9.62 Å². The van der Waals surface area contributed by atoms with Crippen molar-refractivity contribution < 1.29 is 13.2 Å². The molecule has 1 aromatic carbocycles. The van der Waals surface area contributed by atoms with E-state index in [1.807, 2.05) is 13.8 Å². The van der Waals surface area contributed by atoms with Crippen LogP contribution in [0.15, 0.2) is 28.6 Å². The van der Waals surface area contributed by atoms with Gasteiger partial charge in [-0.25, -0.2) is 8.42 Å². The van der Waals surface area contributed by atoms with Gasteiger partial charge in [-0.2, -0.15) is 0 Å². The normalized spacial score (nSPS) is 12.8. The average Bonchev–Trinajstić information content (AvgIpc) is 2.92. The Balaban J connectivity index is 2.21. The Morgan fingerprint density at radius 2 is 2.00 bits per heavy atom. The van der Waals surface area contributed by atoms with E-state index in [0.29, 0.717) is 21.1 Å². The zero-order valence-electron chi connectivity index (χ0n) is 14.6. The second-order valence-corrected chi connectivity index (χ2v) is 10.8. The molecule has 2 rings (SSSR count). The molecule has 1 heterocycles. The molecule has 1 N–H and O–H groups in total. The standard InChI is InChI=1S/C15H19ClN4O3S3/c1-9(2)24-15-19-18-14(25-15)17-13(21)10(3)20(26(4,22)23)12-7-5-6-11(16)8-12/h5-10H,1-4H3,(H,17,18,21). The number of anilines is 2. The van der Waals surface area contributed by atoms with E-state index in [1.165, 1.54) is 36.1 Å². The number of carbonyl (C=O) groups is 1. The summed E-state index contributed by atoms with van der Waals surface area (Å²) < 4.78 is 26.2. The number of nitrogens with one attached hydrogen (secondary N) is 1. The van der Waals surface area contributed by atoms with Crippen LogP contribution in [0.25, 0.3) is 0 Å². The molecule has 142 valence electrons. The van der Waals surface area contributed by atoms with E-state index in [2.05, 4.69) is 15.5 Å². The number of sulfonamides is 1. The molecule has 1 aromatic heterocycles. The molecule has 0 saturated carbocycles. The molecular weight excluding hydrogens is 416 g/mol. The van der Waals surface area contributed by atoms with Crippen LogP contribution >= 0.6 is 34.7 Å². The molecule has 0 radical (unpaired) electrons. The van der Waals surface area contributed by atoms with E-state index >= 15 is 0 Å². The molecule has 26 heavy (non-hydrogen) atoms. The lowest BCUT2D eigenvalue weighted by atomic mass is 10.2. The lowest BCUT2D eigenvalue weighted by Crippen LogP contribution is -2.45. The first kappa shape index (κ1) is 20.9.